The Hall–Kier alpha value is -2.59. The quantitative estimate of drug-likeness (QED) is 0.749. The Balaban J connectivity index is 2.19. The van der Waals surface area contributed by atoms with Crippen LogP contribution in [0.15, 0.2) is 57.7 Å². The van der Waals surface area contributed by atoms with Gasteiger partial charge in [-0.3, -0.25) is 4.79 Å². The molecule has 3 aromatic rings. The van der Waals surface area contributed by atoms with Gasteiger partial charge in [-0.15, -0.1) is 0 Å². The molecule has 0 spiro atoms. The molecule has 0 saturated heterocycles. The van der Waals surface area contributed by atoms with Crippen LogP contribution in [0.3, 0.4) is 0 Å². The highest BCUT2D eigenvalue weighted by Crippen LogP contribution is 2.24. The summed E-state index contributed by atoms with van der Waals surface area (Å²) in [6.45, 7) is -0.116. The smallest absolute Gasteiger partial charge is 0.193 e. The standard InChI is InChI=1S/C16H12O4/c17-9-10-1-6-15-13(7-10)14(19)8-16(20-15)11-2-4-12(18)5-3-11/h1-8,17-18H,9H2. The zero-order valence-corrected chi connectivity index (χ0v) is 10.5. The van der Waals surface area contributed by atoms with Crippen LogP contribution in [0.5, 0.6) is 5.75 Å². The third kappa shape index (κ3) is 2.17. The second-order valence-electron chi connectivity index (χ2n) is 4.51. The Labute approximate surface area is 114 Å². The number of aromatic hydroxyl groups is 1. The van der Waals surface area contributed by atoms with Gasteiger partial charge in [-0.05, 0) is 42.0 Å². The molecule has 0 unspecified atom stereocenters. The lowest BCUT2D eigenvalue weighted by Gasteiger charge is -2.04. The molecule has 1 heterocycles. The Morgan fingerprint density at radius 3 is 2.45 bits per heavy atom. The largest absolute Gasteiger partial charge is 0.508 e. The number of hydrogen-bond acceptors (Lipinski definition) is 4. The lowest BCUT2D eigenvalue weighted by atomic mass is 10.1. The second-order valence-corrected chi connectivity index (χ2v) is 4.51. The number of aliphatic hydroxyl groups is 1. The first-order valence-electron chi connectivity index (χ1n) is 6.14. The summed E-state index contributed by atoms with van der Waals surface area (Å²) in [6.07, 6.45) is 0. The summed E-state index contributed by atoms with van der Waals surface area (Å²) in [5.74, 6) is 0.601. The van der Waals surface area contributed by atoms with E-state index in [1.54, 1.807) is 30.3 Å². The molecule has 0 aliphatic carbocycles. The van der Waals surface area contributed by atoms with Crippen LogP contribution >= 0.6 is 0 Å². The molecular weight excluding hydrogens is 256 g/mol. The predicted molar refractivity (Wildman–Crippen MR) is 75.5 cm³/mol. The molecule has 4 heteroatoms. The van der Waals surface area contributed by atoms with Crippen molar-refractivity contribution in [2.45, 2.75) is 6.61 Å². The molecule has 0 saturated carbocycles. The van der Waals surface area contributed by atoms with Gasteiger partial charge in [0.2, 0.25) is 0 Å². The number of rotatable bonds is 2. The Morgan fingerprint density at radius 1 is 1.00 bits per heavy atom. The van der Waals surface area contributed by atoms with Gasteiger partial charge in [-0.1, -0.05) is 6.07 Å². The summed E-state index contributed by atoms with van der Waals surface area (Å²) in [5, 5.41) is 18.8. The highest BCUT2D eigenvalue weighted by Gasteiger charge is 2.07. The predicted octanol–water partition coefficient (Wildman–Crippen LogP) is 2.66. The Kier molecular flexibility index (Phi) is 3.00. The average molecular weight is 268 g/mol. The average Bonchev–Trinajstić information content (AvgIpc) is 2.47. The van der Waals surface area contributed by atoms with Crippen LogP contribution in [-0.2, 0) is 6.61 Å². The number of hydrogen-bond donors (Lipinski definition) is 2. The normalized spacial score (nSPS) is 10.8. The number of phenols is 1. The number of benzene rings is 2. The summed E-state index contributed by atoms with van der Waals surface area (Å²) < 4.78 is 5.70. The van der Waals surface area contributed by atoms with E-state index in [9.17, 15) is 9.90 Å². The van der Waals surface area contributed by atoms with E-state index < -0.39 is 0 Å². The first kappa shape index (κ1) is 12.4. The molecule has 0 amide bonds. The van der Waals surface area contributed by atoms with Crippen LogP contribution in [0.4, 0.5) is 0 Å². The fourth-order valence-corrected chi connectivity index (χ4v) is 2.07. The minimum atomic E-state index is -0.162. The van der Waals surface area contributed by atoms with Crippen LogP contribution in [0.1, 0.15) is 5.56 Å². The SMILES string of the molecule is O=c1cc(-c2ccc(O)cc2)oc2ccc(CO)cc12. The van der Waals surface area contributed by atoms with Gasteiger partial charge in [-0.2, -0.15) is 0 Å². The lowest BCUT2D eigenvalue weighted by molar-refractivity contribution is 0.282. The van der Waals surface area contributed by atoms with Crippen molar-refractivity contribution < 1.29 is 14.6 Å². The highest BCUT2D eigenvalue weighted by atomic mass is 16.3. The van der Waals surface area contributed by atoms with E-state index in [4.69, 9.17) is 9.52 Å². The van der Waals surface area contributed by atoms with Gasteiger partial charge in [0.25, 0.3) is 0 Å². The number of aliphatic hydroxyl groups excluding tert-OH is 1. The minimum absolute atomic E-state index is 0.116. The fourth-order valence-electron chi connectivity index (χ4n) is 2.07. The second kappa shape index (κ2) is 4.83. The molecule has 2 aromatic carbocycles. The Morgan fingerprint density at radius 2 is 1.75 bits per heavy atom. The maximum Gasteiger partial charge on any atom is 0.193 e. The van der Waals surface area contributed by atoms with Crippen LogP contribution in [0.2, 0.25) is 0 Å². The third-order valence-corrected chi connectivity index (χ3v) is 3.13. The molecule has 0 radical (unpaired) electrons. The molecule has 3 rings (SSSR count). The summed E-state index contributed by atoms with van der Waals surface area (Å²) in [6, 6.07) is 12.9. The van der Waals surface area contributed by atoms with Gasteiger partial charge in [0.15, 0.2) is 5.43 Å². The van der Waals surface area contributed by atoms with E-state index in [0.29, 0.717) is 27.9 Å². The number of fused-ring (bicyclic) bond motifs is 1. The lowest BCUT2D eigenvalue weighted by Crippen LogP contribution is -2.01. The molecule has 0 aliphatic heterocycles. The molecular formula is C16H12O4. The van der Waals surface area contributed by atoms with Crippen molar-refractivity contribution in [1.29, 1.82) is 0 Å². The summed E-state index contributed by atoms with van der Waals surface area (Å²) >= 11 is 0. The van der Waals surface area contributed by atoms with Gasteiger partial charge in [0.1, 0.15) is 17.1 Å². The van der Waals surface area contributed by atoms with Crippen molar-refractivity contribution in [3.05, 3.63) is 64.3 Å². The molecule has 2 N–H and O–H groups in total. The topological polar surface area (TPSA) is 70.7 Å². The molecule has 100 valence electrons. The van der Waals surface area contributed by atoms with Gasteiger partial charge in [-0.25, -0.2) is 0 Å². The van der Waals surface area contributed by atoms with Crippen LogP contribution in [-0.4, -0.2) is 10.2 Å². The van der Waals surface area contributed by atoms with E-state index in [2.05, 4.69) is 0 Å². The fraction of sp³-hybridized carbons (Fsp3) is 0.0625. The summed E-state index contributed by atoms with van der Waals surface area (Å²) in [7, 11) is 0. The Bertz CT molecular complexity index is 816. The van der Waals surface area contributed by atoms with Crippen molar-refractivity contribution in [2.24, 2.45) is 0 Å². The van der Waals surface area contributed by atoms with Gasteiger partial charge >= 0.3 is 0 Å². The molecule has 20 heavy (non-hydrogen) atoms. The van der Waals surface area contributed by atoms with Crippen LogP contribution in [0.25, 0.3) is 22.3 Å². The minimum Gasteiger partial charge on any atom is -0.508 e. The molecule has 0 atom stereocenters. The first-order valence-corrected chi connectivity index (χ1v) is 6.14. The van der Waals surface area contributed by atoms with Crippen molar-refractivity contribution in [1.82, 2.24) is 0 Å². The number of phenolic OH excluding ortho intramolecular Hbond substituents is 1. The highest BCUT2D eigenvalue weighted by molar-refractivity contribution is 5.79. The van der Waals surface area contributed by atoms with Gasteiger partial charge in [0, 0.05) is 11.6 Å². The zero-order chi connectivity index (χ0) is 14.1. The van der Waals surface area contributed by atoms with Crippen molar-refractivity contribution >= 4 is 11.0 Å². The van der Waals surface area contributed by atoms with E-state index in [-0.39, 0.29) is 17.8 Å². The van der Waals surface area contributed by atoms with Crippen LogP contribution < -0.4 is 5.43 Å². The maximum absolute atomic E-state index is 12.1. The molecule has 4 nitrogen and oxygen atoms in total. The molecule has 0 bridgehead atoms. The van der Waals surface area contributed by atoms with Gasteiger partial charge < -0.3 is 14.6 Å². The van der Waals surface area contributed by atoms with Crippen molar-refractivity contribution in [2.75, 3.05) is 0 Å². The molecule has 1 aromatic heterocycles. The molecule has 0 aliphatic rings. The summed E-state index contributed by atoms with van der Waals surface area (Å²) in [4.78, 5) is 12.1. The maximum atomic E-state index is 12.1. The van der Waals surface area contributed by atoms with E-state index in [0.717, 1.165) is 0 Å². The zero-order valence-electron chi connectivity index (χ0n) is 10.5. The van der Waals surface area contributed by atoms with Crippen molar-refractivity contribution in [3.8, 4) is 17.1 Å². The monoisotopic (exact) mass is 268 g/mol. The van der Waals surface area contributed by atoms with Crippen molar-refractivity contribution in [3.63, 3.8) is 0 Å². The third-order valence-electron chi connectivity index (χ3n) is 3.13. The van der Waals surface area contributed by atoms with Crippen LogP contribution in [0, 0.1) is 0 Å². The summed E-state index contributed by atoms with van der Waals surface area (Å²) in [5.41, 5.74) is 1.69. The van der Waals surface area contributed by atoms with E-state index in [1.807, 2.05) is 0 Å². The van der Waals surface area contributed by atoms with Gasteiger partial charge in [0.05, 0.1) is 12.0 Å². The van der Waals surface area contributed by atoms with E-state index >= 15 is 0 Å². The molecule has 0 fully saturated rings. The first-order chi connectivity index (χ1) is 9.67. The van der Waals surface area contributed by atoms with E-state index in [1.165, 1.54) is 18.2 Å².